The summed E-state index contributed by atoms with van der Waals surface area (Å²) in [5.41, 5.74) is 1.43. The van der Waals surface area contributed by atoms with Gasteiger partial charge in [0.25, 0.3) is 11.8 Å². The fourth-order valence-electron chi connectivity index (χ4n) is 10.1. The van der Waals surface area contributed by atoms with Crippen molar-refractivity contribution in [3.63, 3.8) is 0 Å². The number of aromatic amines is 2. The second kappa shape index (κ2) is 18.4. The van der Waals surface area contributed by atoms with Crippen LogP contribution in [0, 0.1) is 24.4 Å². The Labute approximate surface area is 368 Å². The maximum Gasteiger partial charge on any atom is 0.419 e. The Kier molecular flexibility index (Phi) is 13.0. The van der Waals surface area contributed by atoms with Gasteiger partial charge in [-0.1, -0.05) is 12.1 Å². The number of hydrogen-bond acceptors (Lipinski definition) is 5. The molecule has 6 heterocycles. The molecule has 65 heavy (non-hydrogen) atoms. The van der Waals surface area contributed by atoms with E-state index in [0.717, 1.165) is 81.4 Å². The van der Waals surface area contributed by atoms with Gasteiger partial charge < -0.3 is 19.6 Å². The lowest BCUT2D eigenvalue weighted by Gasteiger charge is -2.33. The first kappa shape index (κ1) is 46.0. The zero-order valence-corrected chi connectivity index (χ0v) is 35.7. The molecule has 1 aliphatic carbocycles. The van der Waals surface area contributed by atoms with Crippen molar-refractivity contribution in [1.29, 1.82) is 0 Å². The topological polar surface area (TPSA) is 122 Å². The standard InChI is InChI=1S/C24H26F5N5O2.C21H23F4N3O/c25-17-5-4-15(19(20(17)26)24(27,28)29)14-6-10-32(11-7-14)22(35)21-16-12-34(13-18(16)30-31-21)23(36)33-8-2-1-3-9-33;1-12-10-15(18(16(22)11-12)21(23,24)25)13-6-8-28(9-7-13)20(29)19-14-4-2-3-5-17(14)26-27-19/h4-5,14H,1-3,6-13H2,(H,30,31);10-11,13H,2-9H2,1H3,(H,26,27). The lowest BCUT2D eigenvalue weighted by Crippen LogP contribution is -2.43. The summed E-state index contributed by atoms with van der Waals surface area (Å²) in [5, 5.41) is 14.2. The van der Waals surface area contributed by atoms with Gasteiger partial charge in [0.2, 0.25) is 0 Å². The molecule has 0 spiro atoms. The summed E-state index contributed by atoms with van der Waals surface area (Å²) in [4.78, 5) is 45.6. The average molecular weight is 921 g/mol. The summed E-state index contributed by atoms with van der Waals surface area (Å²) in [6.45, 7) is 4.59. The molecule has 2 aromatic heterocycles. The molecule has 11 nitrogen and oxygen atoms in total. The van der Waals surface area contributed by atoms with Crippen LogP contribution in [0.4, 0.5) is 44.3 Å². The lowest BCUT2D eigenvalue weighted by atomic mass is 9.85. The van der Waals surface area contributed by atoms with E-state index < -0.39 is 52.8 Å². The SMILES string of the molecule is Cc1cc(F)c(C(F)(F)F)c(C2CCN(C(=O)c3n[nH]c4c3CCCC4)CC2)c1.O=C(c1n[nH]c2c1CN(C(=O)N1CCCCC1)C2)N1CCC(c2ccc(F)c(F)c2C(F)(F)F)CC1. The molecule has 0 radical (unpaired) electrons. The van der Waals surface area contributed by atoms with Crippen molar-refractivity contribution in [2.75, 3.05) is 39.3 Å². The maximum atomic E-state index is 14.1. The minimum absolute atomic E-state index is 0.000697. The minimum Gasteiger partial charge on any atom is -0.337 e. The number of H-pyrrole nitrogens is 2. The number of halogens is 9. The van der Waals surface area contributed by atoms with E-state index in [1.807, 2.05) is 4.90 Å². The number of benzene rings is 2. The number of aryl methyl sites for hydroxylation is 2. The van der Waals surface area contributed by atoms with Crippen LogP contribution in [0.15, 0.2) is 24.3 Å². The van der Waals surface area contributed by atoms with Gasteiger partial charge in [0, 0.05) is 56.1 Å². The first-order valence-electron chi connectivity index (χ1n) is 22.1. The highest BCUT2D eigenvalue weighted by Crippen LogP contribution is 2.43. The van der Waals surface area contributed by atoms with Gasteiger partial charge in [-0.15, -0.1) is 0 Å². The predicted molar refractivity (Wildman–Crippen MR) is 217 cm³/mol. The third kappa shape index (κ3) is 9.44. The molecule has 3 fully saturated rings. The number of piperidine rings is 3. The van der Waals surface area contributed by atoms with Gasteiger partial charge in [0.15, 0.2) is 23.0 Å². The molecule has 0 atom stereocenters. The Balaban J connectivity index is 0.000000181. The molecular formula is C45H49F9N8O3. The number of alkyl halides is 6. The summed E-state index contributed by atoms with van der Waals surface area (Å²) < 4.78 is 122. The number of nitrogens with one attached hydrogen (secondary N) is 2. The summed E-state index contributed by atoms with van der Waals surface area (Å²) in [6.07, 6.45) is -1.84. The molecule has 5 aliphatic rings. The molecule has 3 saturated heterocycles. The fraction of sp³-hybridized carbons (Fsp3) is 0.533. The minimum atomic E-state index is -5.03. The third-order valence-electron chi connectivity index (χ3n) is 13.4. The van der Waals surface area contributed by atoms with Crippen molar-refractivity contribution >= 4 is 17.8 Å². The molecule has 0 unspecified atom stereocenters. The Morgan fingerprint density at radius 3 is 1.74 bits per heavy atom. The number of nitrogens with zero attached hydrogens (tertiary/aromatic N) is 6. The third-order valence-corrected chi connectivity index (χ3v) is 13.4. The molecule has 4 aliphatic heterocycles. The van der Waals surface area contributed by atoms with Crippen molar-refractivity contribution < 1.29 is 53.9 Å². The number of hydrogen-bond donors (Lipinski definition) is 2. The second-order valence-electron chi connectivity index (χ2n) is 17.6. The van der Waals surface area contributed by atoms with Gasteiger partial charge in [-0.3, -0.25) is 19.8 Å². The van der Waals surface area contributed by atoms with Crippen LogP contribution in [0.5, 0.6) is 0 Å². The Bertz CT molecular complexity index is 2420. The van der Waals surface area contributed by atoms with Gasteiger partial charge in [-0.05, 0) is 118 Å². The molecule has 20 heteroatoms. The van der Waals surface area contributed by atoms with Crippen molar-refractivity contribution in [3.8, 4) is 0 Å². The molecule has 0 bridgehead atoms. The normalized spacial score (nSPS) is 18.6. The van der Waals surface area contributed by atoms with Crippen molar-refractivity contribution in [2.45, 2.75) is 115 Å². The summed E-state index contributed by atoms with van der Waals surface area (Å²) >= 11 is 0. The zero-order chi connectivity index (χ0) is 46.4. The molecule has 4 aromatic rings. The Morgan fingerprint density at radius 1 is 0.585 bits per heavy atom. The average Bonchev–Trinajstić information content (AvgIpc) is 4.02. The number of aromatic nitrogens is 4. The van der Waals surface area contributed by atoms with E-state index in [0.29, 0.717) is 61.1 Å². The number of urea groups is 1. The molecule has 2 aromatic carbocycles. The van der Waals surface area contributed by atoms with Gasteiger partial charge in [-0.2, -0.15) is 36.5 Å². The number of likely N-dealkylation sites (tertiary alicyclic amines) is 3. The van der Waals surface area contributed by atoms with Gasteiger partial charge in [-0.25, -0.2) is 18.0 Å². The van der Waals surface area contributed by atoms with Crippen molar-refractivity contribution in [1.82, 2.24) is 40.0 Å². The van der Waals surface area contributed by atoms with Crippen molar-refractivity contribution in [3.05, 3.63) is 103 Å². The summed E-state index contributed by atoms with van der Waals surface area (Å²) in [6, 6.07) is 3.98. The van der Waals surface area contributed by atoms with E-state index >= 15 is 0 Å². The first-order valence-corrected chi connectivity index (χ1v) is 22.1. The zero-order valence-electron chi connectivity index (χ0n) is 35.7. The molecule has 4 amide bonds. The molecule has 0 saturated carbocycles. The van der Waals surface area contributed by atoms with Crippen LogP contribution in [0.2, 0.25) is 0 Å². The maximum absolute atomic E-state index is 14.1. The van der Waals surface area contributed by atoms with E-state index in [-0.39, 0.29) is 67.1 Å². The smallest absolute Gasteiger partial charge is 0.337 e. The van der Waals surface area contributed by atoms with E-state index in [1.165, 1.54) is 11.0 Å². The van der Waals surface area contributed by atoms with Crippen LogP contribution < -0.4 is 0 Å². The fourth-order valence-corrected chi connectivity index (χ4v) is 10.1. The van der Waals surface area contributed by atoms with Crippen LogP contribution >= 0.6 is 0 Å². The quantitative estimate of drug-likeness (QED) is 0.198. The summed E-state index contributed by atoms with van der Waals surface area (Å²) in [5.74, 6) is -6.29. The van der Waals surface area contributed by atoms with Crippen LogP contribution in [0.3, 0.4) is 0 Å². The Hall–Kier alpha value is -5.56. The van der Waals surface area contributed by atoms with E-state index in [1.54, 1.807) is 16.7 Å². The highest BCUT2D eigenvalue weighted by Gasteiger charge is 2.43. The van der Waals surface area contributed by atoms with E-state index in [2.05, 4.69) is 20.4 Å². The molecule has 2 N–H and O–H groups in total. The molecular weight excluding hydrogens is 872 g/mol. The highest BCUT2D eigenvalue weighted by atomic mass is 19.4. The van der Waals surface area contributed by atoms with E-state index in [4.69, 9.17) is 0 Å². The van der Waals surface area contributed by atoms with Gasteiger partial charge in [0.1, 0.15) is 5.82 Å². The number of rotatable bonds is 4. The van der Waals surface area contributed by atoms with Gasteiger partial charge in [0.05, 0.1) is 29.9 Å². The largest absolute Gasteiger partial charge is 0.419 e. The van der Waals surface area contributed by atoms with Crippen molar-refractivity contribution in [2.24, 2.45) is 0 Å². The first-order chi connectivity index (χ1) is 30.9. The Morgan fingerprint density at radius 2 is 1.14 bits per heavy atom. The number of carbonyl (C=O) groups excluding carboxylic acids is 3. The lowest BCUT2D eigenvalue weighted by molar-refractivity contribution is -0.142. The van der Waals surface area contributed by atoms with E-state index in [9.17, 15) is 53.9 Å². The molecule has 350 valence electrons. The van der Waals surface area contributed by atoms with Crippen LogP contribution in [0.1, 0.15) is 141 Å². The number of carbonyl (C=O) groups is 3. The van der Waals surface area contributed by atoms with Crippen LogP contribution in [0.25, 0.3) is 0 Å². The molecule has 9 rings (SSSR count). The van der Waals surface area contributed by atoms with Gasteiger partial charge >= 0.3 is 18.4 Å². The highest BCUT2D eigenvalue weighted by molar-refractivity contribution is 5.95. The summed E-state index contributed by atoms with van der Waals surface area (Å²) in [7, 11) is 0. The van der Waals surface area contributed by atoms with Crippen LogP contribution in [-0.4, -0.2) is 97.1 Å². The number of amides is 4. The van der Waals surface area contributed by atoms with Crippen LogP contribution in [-0.2, 0) is 38.3 Å². The number of fused-ring (bicyclic) bond motifs is 2. The second-order valence-corrected chi connectivity index (χ2v) is 17.6. The predicted octanol–water partition coefficient (Wildman–Crippen LogP) is 9.42. The monoisotopic (exact) mass is 920 g/mol.